The third kappa shape index (κ3) is 2.81. The first-order valence-electron chi connectivity index (χ1n) is 6.66. The van der Waals surface area contributed by atoms with Crippen LogP contribution in [-0.2, 0) is 0 Å². The second-order valence-corrected chi connectivity index (χ2v) is 5.89. The summed E-state index contributed by atoms with van der Waals surface area (Å²) in [6.45, 7) is 4.18. The maximum Gasteiger partial charge on any atom is 0.0644 e. The van der Waals surface area contributed by atoms with Gasteiger partial charge in [-0.3, -0.25) is 0 Å². The van der Waals surface area contributed by atoms with Crippen molar-refractivity contribution in [1.29, 1.82) is 0 Å². The van der Waals surface area contributed by atoms with Crippen molar-refractivity contribution in [2.45, 2.75) is 51.7 Å². The highest BCUT2D eigenvalue weighted by Crippen LogP contribution is 2.34. The number of anilines is 1. The molecule has 0 amide bonds. The van der Waals surface area contributed by atoms with Crippen molar-refractivity contribution in [3.8, 4) is 0 Å². The number of hydrogen-bond acceptors (Lipinski definition) is 2. The largest absolute Gasteiger partial charge is 0.393 e. The first-order chi connectivity index (χ1) is 8.49. The number of aliphatic hydroxyl groups excluding tert-OH is 1. The van der Waals surface area contributed by atoms with Crippen molar-refractivity contribution in [2.75, 3.05) is 11.9 Å². The summed E-state index contributed by atoms with van der Waals surface area (Å²) >= 11 is 6.39. The number of nitrogens with zero attached hydrogens (tertiary/aromatic N) is 1. The zero-order valence-electron chi connectivity index (χ0n) is 11.4. The fraction of sp³-hybridized carbons (Fsp3) is 0.600. The lowest BCUT2D eigenvalue weighted by Crippen LogP contribution is -2.36. The SMILES string of the molecule is Cc1cc(C)c(N(C)C2CCC(O)CC2)c(Cl)c1. The molecular formula is C15H22ClNO. The van der Waals surface area contributed by atoms with Crippen LogP contribution >= 0.6 is 11.6 Å². The van der Waals surface area contributed by atoms with Gasteiger partial charge in [-0.25, -0.2) is 0 Å². The number of benzene rings is 1. The third-order valence-corrected chi connectivity index (χ3v) is 4.25. The molecule has 0 spiro atoms. The highest BCUT2D eigenvalue weighted by molar-refractivity contribution is 6.33. The quantitative estimate of drug-likeness (QED) is 0.883. The molecule has 1 aromatic carbocycles. The molecule has 100 valence electrons. The second-order valence-electron chi connectivity index (χ2n) is 5.49. The lowest BCUT2D eigenvalue weighted by atomic mass is 9.91. The molecule has 2 rings (SSSR count). The van der Waals surface area contributed by atoms with Crippen LogP contribution in [0.2, 0.25) is 5.02 Å². The van der Waals surface area contributed by atoms with E-state index in [1.165, 1.54) is 11.1 Å². The minimum atomic E-state index is -0.107. The molecule has 18 heavy (non-hydrogen) atoms. The van der Waals surface area contributed by atoms with Crippen molar-refractivity contribution in [3.05, 3.63) is 28.3 Å². The average Bonchev–Trinajstić information content (AvgIpc) is 2.28. The van der Waals surface area contributed by atoms with Gasteiger partial charge in [0.1, 0.15) is 0 Å². The summed E-state index contributed by atoms with van der Waals surface area (Å²) in [5, 5.41) is 10.4. The molecule has 3 heteroatoms. The standard InChI is InChI=1S/C15H22ClNO/c1-10-8-11(2)15(14(16)9-10)17(3)12-4-6-13(18)7-5-12/h8-9,12-13,18H,4-7H2,1-3H3. The fourth-order valence-electron chi connectivity index (χ4n) is 2.98. The van der Waals surface area contributed by atoms with Crippen LogP contribution in [-0.4, -0.2) is 24.3 Å². The van der Waals surface area contributed by atoms with Crippen molar-refractivity contribution < 1.29 is 5.11 Å². The minimum absolute atomic E-state index is 0.107. The Morgan fingerprint density at radius 2 is 1.78 bits per heavy atom. The monoisotopic (exact) mass is 267 g/mol. The van der Waals surface area contributed by atoms with E-state index in [4.69, 9.17) is 11.6 Å². The van der Waals surface area contributed by atoms with E-state index in [-0.39, 0.29) is 6.10 Å². The van der Waals surface area contributed by atoms with Gasteiger partial charge >= 0.3 is 0 Å². The van der Waals surface area contributed by atoms with Gasteiger partial charge in [-0.2, -0.15) is 0 Å². The Labute approximate surface area is 115 Å². The zero-order chi connectivity index (χ0) is 13.3. The molecular weight excluding hydrogens is 246 g/mol. The Bertz CT molecular complexity index is 401. The van der Waals surface area contributed by atoms with E-state index in [2.05, 4.69) is 31.9 Å². The smallest absolute Gasteiger partial charge is 0.0644 e. The second kappa shape index (κ2) is 5.50. The Hall–Kier alpha value is -0.730. The minimum Gasteiger partial charge on any atom is -0.393 e. The number of rotatable bonds is 2. The molecule has 2 nitrogen and oxygen atoms in total. The molecule has 1 aliphatic carbocycles. The van der Waals surface area contributed by atoms with Crippen LogP contribution in [0.15, 0.2) is 12.1 Å². The van der Waals surface area contributed by atoms with Gasteiger partial charge in [0.05, 0.1) is 16.8 Å². The van der Waals surface area contributed by atoms with Gasteiger partial charge in [0.15, 0.2) is 0 Å². The highest BCUT2D eigenvalue weighted by Gasteiger charge is 2.24. The van der Waals surface area contributed by atoms with E-state index >= 15 is 0 Å². The lowest BCUT2D eigenvalue weighted by Gasteiger charge is -2.36. The number of aliphatic hydroxyl groups is 1. The van der Waals surface area contributed by atoms with Crippen LogP contribution in [0.4, 0.5) is 5.69 Å². The van der Waals surface area contributed by atoms with Crippen molar-refractivity contribution >= 4 is 17.3 Å². The molecule has 0 bridgehead atoms. The number of halogens is 1. The van der Waals surface area contributed by atoms with E-state index in [0.29, 0.717) is 6.04 Å². The van der Waals surface area contributed by atoms with Crippen LogP contribution < -0.4 is 4.90 Å². The van der Waals surface area contributed by atoms with Gasteiger partial charge < -0.3 is 10.0 Å². The molecule has 0 unspecified atom stereocenters. The highest BCUT2D eigenvalue weighted by atomic mass is 35.5. The summed E-state index contributed by atoms with van der Waals surface area (Å²) in [6, 6.07) is 4.69. The summed E-state index contributed by atoms with van der Waals surface area (Å²) in [5.41, 5.74) is 3.57. The van der Waals surface area contributed by atoms with Gasteiger partial charge in [-0.15, -0.1) is 0 Å². The predicted molar refractivity (Wildman–Crippen MR) is 77.6 cm³/mol. The molecule has 0 atom stereocenters. The lowest BCUT2D eigenvalue weighted by molar-refractivity contribution is 0.122. The van der Waals surface area contributed by atoms with Crippen molar-refractivity contribution in [1.82, 2.24) is 0 Å². The molecule has 0 aliphatic heterocycles. The fourth-order valence-corrected chi connectivity index (χ4v) is 3.44. The molecule has 0 heterocycles. The molecule has 1 N–H and O–H groups in total. The Kier molecular flexibility index (Phi) is 4.18. The maximum atomic E-state index is 9.58. The van der Waals surface area contributed by atoms with Crippen LogP contribution in [0.1, 0.15) is 36.8 Å². The molecule has 0 saturated heterocycles. The Morgan fingerprint density at radius 3 is 2.33 bits per heavy atom. The van der Waals surface area contributed by atoms with Crippen molar-refractivity contribution in [2.24, 2.45) is 0 Å². The average molecular weight is 268 g/mol. The molecule has 1 aromatic rings. The van der Waals surface area contributed by atoms with Crippen LogP contribution in [0, 0.1) is 13.8 Å². The van der Waals surface area contributed by atoms with Gasteiger partial charge in [-0.1, -0.05) is 17.7 Å². The van der Waals surface area contributed by atoms with Crippen molar-refractivity contribution in [3.63, 3.8) is 0 Å². The zero-order valence-corrected chi connectivity index (χ0v) is 12.2. The van der Waals surface area contributed by atoms with E-state index in [1.807, 2.05) is 6.07 Å². The third-order valence-electron chi connectivity index (χ3n) is 3.96. The van der Waals surface area contributed by atoms with Crippen LogP contribution in [0.25, 0.3) is 0 Å². The van der Waals surface area contributed by atoms with E-state index in [1.54, 1.807) is 0 Å². The first-order valence-corrected chi connectivity index (χ1v) is 7.04. The summed E-state index contributed by atoms with van der Waals surface area (Å²) in [5.74, 6) is 0. The van der Waals surface area contributed by atoms with E-state index in [9.17, 15) is 5.11 Å². The molecule has 1 aliphatic rings. The van der Waals surface area contributed by atoms with Gasteiger partial charge in [-0.05, 0) is 56.7 Å². The van der Waals surface area contributed by atoms with Gasteiger partial charge in [0, 0.05) is 13.1 Å². The summed E-state index contributed by atoms with van der Waals surface area (Å²) in [4.78, 5) is 2.29. The predicted octanol–water partition coefficient (Wildman–Crippen LogP) is 3.70. The Morgan fingerprint density at radius 1 is 1.17 bits per heavy atom. The van der Waals surface area contributed by atoms with Crippen LogP contribution in [0.5, 0.6) is 0 Å². The molecule has 0 radical (unpaired) electrons. The molecule has 0 aromatic heterocycles. The first kappa shape index (κ1) is 13.7. The number of aryl methyl sites for hydroxylation is 2. The number of hydrogen-bond donors (Lipinski definition) is 1. The Balaban J connectivity index is 2.21. The topological polar surface area (TPSA) is 23.5 Å². The maximum absolute atomic E-state index is 9.58. The molecule has 1 fully saturated rings. The van der Waals surface area contributed by atoms with Gasteiger partial charge in [0.2, 0.25) is 0 Å². The summed E-state index contributed by atoms with van der Waals surface area (Å²) < 4.78 is 0. The van der Waals surface area contributed by atoms with E-state index in [0.717, 1.165) is 36.4 Å². The van der Waals surface area contributed by atoms with Crippen LogP contribution in [0.3, 0.4) is 0 Å². The van der Waals surface area contributed by atoms with Gasteiger partial charge in [0.25, 0.3) is 0 Å². The normalized spacial score (nSPS) is 24.1. The summed E-state index contributed by atoms with van der Waals surface area (Å²) in [7, 11) is 2.12. The summed E-state index contributed by atoms with van der Waals surface area (Å²) in [6.07, 6.45) is 3.78. The van der Waals surface area contributed by atoms with E-state index < -0.39 is 0 Å². The molecule has 1 saturated carbocycles.